The highest BCUT2D eigenvalue weighted by molar-refractivity contribution is 5.77. The normalized spacial score (nSPS) is 10.1. The number of carbonyl (C=O) groups excluding carboxylic acids is 1. The highest BCUT2D eigenvalue weighted by atomic mass is 16.5. The quantitative estimate of drug-likeness (QED) is 0.663. The van der Waals surface area contributed by atoms with E-state index in [1.54, 1.807) is 18.2 Å². The van der Waals surface area contributed by atoms with Crippen molar-refractivity contribution in [3.8, 4) is 5.88 Å². The molecule has 80 valence electrons. The van der Waals surface area contributed by atoms with Crippen LogP contribution in [-0.2, 0) is 4.79 Å². The Kier molecular flexibility index (Phi) is 2.59. The maximum atomic E-state index is 11.4. The Morgan fingerprint density at radius 2 is 2.06 bits per heavy atom. The molecule has 5 nitrogen and oxygen atoms in total. The van der Waals surface area contributed by atoms with Crippen LogP contribution in [0.4, 0.5) is 0 Å². The van der Waals surface area contributed by atoms with Crippen molar-refractivity contribution in [3.63, 3.8) is 0 Å². The van der Waals surface area contributed by atoms with Gasteiger partial charge in [-0.25, -0.2) is 9.97 Å². The predicted molar refractivity (Wildman–Crippen MR) is 57.1 cm³/mol. The second kappa shape index (κ2) is 4.06. The van der Waals surface area contributed by atoms with Gasteiger partial charge < -0.3 is 4.74 Å². The van der Waals surface area contributed by atoms with Gasteiger partial charge in [-0.15, -0.1) is 0 Å². The molecule has 5 heteroatoms. The van der Waals surface area contributed by atoms with Crippen LogP contribution in [0.25, 0.3) is 10.9 Å². The number of carbonyl (C=O) groups is 1. The summed E-state index contributed by atoms with van der Waals surface area (Å²) in [5.74, 6) is -0.893. The fourth-order valence-electron chi connectivity index (χ4n) is 1.24. The SMILES string of the molecule is CC(=O)Oc1nc2ccccc2cnc1=O. The van der Waals surface area contributed by atoms with Crippen LogP contribution in [0.5, 0.6) is 5.88 Å². The number of hydrogen-bond donors (Lipinski definition) is 0. The van der Waals surface area contributed by atoms with Crippen LogP contribution < -0.4 is 10.3 Å². The van der Waals surface area contributed by atoms with Crippen molar-refractivity contribution in [1.29, 1.82) is 0 Å². The molecule has 1 heterocycles. The summed E-state index contributed by atoms with van der Waals surface area (Å²) in [6.07, 6.45) is 1.40. The molecule has 2 aromatic rings. The number of hydrogen-bond acceptors (Lipinski definition) is 5. The van der Waals surface area contributed by atoms with Crippen molar-refractivity contribution < 1.29 is 9.53 Å². The summed E-state index contributed by atoms with van der Waals surface area (Å²) < 4.78 is 4.69. The minimum absolute atomic E-state index is 0.297. The lowest BCUT2D eigenvalue weighted by Gasteiger charge is -1.94. The summed E-state index contributed by atoms with van der Waals surface area (Å²) in [4.78, 5) is 29.8. The summed E-state index contributed by atoms with van der Waals surface area (Å²) in [7, 11) is 0. The van der Waals surface area contributed by atoms with Gasteiger partial charge >= 0.3 is 11.5 Å². The van der Waals surface area contributed by atoms with Gasteiger partial charge in [-0.05, 0) is 6.07 Å². The Hall–Kier alpha value is -2.30. The molecule has 0 spiro atoms. The number of benzene rings is 1. The zero-order chi connectivity index (χ0) is 11.5. The third kappa shape index (κ3) is 2.03. The fraction of sp³-hybridized carbons (Fsp3) is 0.0909. The summed E-state index contributed by atoms with van der Waals surface area (Å²) in [6, 6.07) is 7.06. The molecule has 0 aliphatic carbocycles. The van der Waals surface area contributed by atoms with E-state index in [9.17, 15) is 9.59 Å². The maximum absolute atomic E-state index is 11.4. The van der Waals surface area contributed by atoms with Gasteiger partial charge in [0.05, 0.1) is 5.52 Å². The summed E-state index contributed by atoms with van der Waals surface area (Å²) >= 11 is 0. The Bertz CT molecular complexity index is 610. The summed E-state index contributed by atoms with van der Waals surface area (Å²) in [5.41, 5.74) is -0.111. The van der Waals surface area contributed by atoms with Crippen molar-refractivity contribution in [1.82, 2.24) is 9.97 Å². The molecule has 0 amide bonds. The highest BCUT2D eigenvalue weighted by Gasteiger charge is 2.06. The van der Waals surface area contributed by atoms with Crippen LogP contribution in [0.1, 0.15) is 6.92 Å². The fourth-order valence-corrected chi connectivity index (χ4v) is 1.24. The average Bonchev–Trinajstić information content (AvgIpc) is 2.39. The van der Waals surface area contributed by atoms with Gasteiger partial charge in [0, 0.05) is 18.5 Å². The minimum Gasteiger partial charge on any atom is -0.402 e. The van der Waals surface area contributed by atoms with Crippen molar-refractivity contribution in [2.24, 2.45) is 0 Å². The van der Waals surface area contributed by atoms with Crippen LogP contribution in [-0.4, -0.2) is 15.9 Å². The second-order valence-electron chi connectivity index (χ2n) is 3.13. The molecule has 0 unspecified atom stereocenters. The third-order valence-corrected chi connectivity index (χ3v) is 1.90. The first-order valence-electron chi connectivity index (χ1n) is 4.61. The van der Waals surface area contributed by atoms with E-state index < -0.39 is 11.5 Å². The maximum Gasteiger partial charge on any atom is 0.332 e. The van der Waals surface area contributed by atoms with Crippen LogP contribution in [0.3, 0.4) is 0 Å². The van der Waals surface area contributed by atoms with E-state index in [1.165, 1.54) is 13.1 Å². The molecule has 0 atom stereocenters. The van der Waals surface area contributed by atoms with E-state index >= 15 is 0 Å². The molecular weight excluding hydrogens is 208 g/mol. The lowest BCUT2D eigenvalue weighted by atomic mass is 10.2. The molecule has 0 aliphatic rings. The topological polar surface area (TPSA) is 69.2 Å². The van der Waals surface area contributed by atoms with Crippen LogP contribution in [0.2, 0.25) is 0 Å². The number of para-hydroxylation sites is 1. The van der Waals surface area contributed by atoms with Crippen LogP contribution >= 0.6 is 0 Å². The number of ether oxygens (including phenoxy) is 1. The molecule has 0 saturated carbocycles. The number of nitrogens with zero attached hydrogens (tertiary/aromatic N) is 2. The smallest absolute Gasteiger partial charge is 0.332 e. The summed E-state index contributed by atoms with van der Waals surface area (Å²) in [5, 5.41) is 0.706. The molecule has 0 bridgehead atoms. The van der Waals surface area contributed by atoms with Crippen molar-refractivity contribution in [2.45, 2.75) is 6.92 Å². The largest absolute Gasteiger partial charge is 0.402 e. The van der Waals surface area contributed by atoms with Gasteiger partial charge in [-0.3, -0.25) is 9.59 Å². The van der Waals surface area contributed by atoms with Gasteiger partial charge in [0.25, 0.3) is 5.88 Å². The van der Waals surface area contributed by atoms with E-state index in [0.717, 1.165) is 0 Å². The molecule has 0 aliphatic heterocycles. The molecule has 0 fully saturated rings. The Balaban J connectivity index is 2.71. The van der Waals surface area contributed by atoms with E-state index in [-0.39, 0.29) is 5.88 Å². The van der Waals surface area contributed by atoms with Gasteiger partial charge in [-0.1, -0.05) is 18.2 Å². The third-order valence-electron chi connectivity index (χ3n) is 1.90. The Labute approximate surface area is 90.7 Å². The van der Waals surface area contributed by atoms with Crippen LogP contribution in [0, 0.1) is 0 Å². The van der Waals surface area contributed by atoms with E-state index in [0.29, 0.717) is 10.9 Å². The molecule has 0 saturated heterocycles. The monoisotopic (exact) mass is 216 g/mol. The summed E-state index contributed by atoms with van der Waals surface area (Å²) in [6.45, 7) is 1.20. The molecule has 16 heavy (non-hydrogen) atoms. The average molecular weight is 216 g/mol. The highest BCUT2D eigenvalue weighted by Crippen LogP contribution is 2.09. The minimum atomic E-state index is -0.661. The van der Waals surface area contributed by atoms with Gasteiger partial charge in [0.15, 0.2) is 0 Å². The first-order chi connectivity index (χ1) is 7.66. The van der Waals surface area contributed by atoms with Crippen molar-refractivity contribution in [3.05, 3.63) is 40.8 Å². The standard InChI is InChI=1S/C11H8N2O3/c1-7(14)16-11-10(15)12-6-8-4-2-3-5-9(8)13-11/h2-6H,1H3. The number of fused-ring (bicyclic) bond motifs is 1. The van der Waals surface area contributed by atoms with Crippen molar-refractivity contribution >= 4 is 16.9 Å². The predicted octanol–water partition coefficient (Wildman–Crippen LogP) is 0.915. The van der Waals surface area contributed by atoms with Crippen molar-refractivity contribution in [2.75, 3.05) is 0 Å². The second-order valence-corrected chi connectivity index (χ2v) is 3.13. The number of aromatic nitrogens is 2. The molecule has 1 aromatic heterocycles. The first-order valence-corrected chi connectivity index (χ1v) is 4.61. The molecular formula is C11H8N2O3. The zero-order valence-corrected chi connectivity index (χ0v) is 8.51. The van der Waals surface area contributed by atoms with Gasteiger partial charge in [-0.2, -0.15) is 0 Å². The zero-order valence-electron chi connectivity index (χ0n) is 8.51. The van der Waals surface area contributed by atoms with E-state index in [4.69, 9.17) is 0 Å². The molecule has 0 radical (unpaired) electrons. The lowest BCUT2D eigenvalue weighted by molar-refractivity contribution is -0.132. The van der Waals surface area contributed by atoms with Gasteiger partial charge in [0.1, 0.15) is 0 Å². The number of rotatable bonds is 1. The van der Waals surface area contributed by atoms with Crippen LogP contribution in [0.15, 0.2) is 35.3 Å². The van der Waals surface area contributed by atoms with E-state index in [1.807, 2.05) is 6.07 Å². The molecule has 1 aromatic carbocycles. The molecule has 0 N–H and O–H groups in total. The van der Waals surface area contributed by atoms with Gasteiger partial charge in [0.2, 0.25) is 0 Å². The van der Waals surface area contributed by atoms with E-state index in [2.05, 4.69) is 14.7 Å². The first kappa shape index (κ1) is 10.2. The Morgan fingerprint density at radius 1 is 1.31 bits per heavy atom. The lowest BCUT2D eigenvalue weighted by Crippen LogP contribution is -2.12. The number of esters is 1. The molecule has 2 rings (SSSR count). The Morgan fingerprint density at radius 3 is 2.81 bits per heavy atom.